The van der Waals surface area contributed by atoms with E-state index < -0.39 is 0 Å². The van der Waals surface area contributed by atoms with Crippen molar-refractivity contribution in [2.45, 2.75) is 19.4 Å². The fourth-order valence-corrected chi connectivity index (χ4v) is 2.11. The topological polar surface area (TPSA) is 106 Å². The van der Waals surface area contributed by atoms with Crippen LogP contribution in [0, 0.1) is 5.92 Å². The van der Waals surface area contributed by atoms with Crippen molar-refractivity contribution in [2.24, 2.45) is 16.8 Å². The van der Waals surface area contributed by atoms with Gasteiger partial charge < -0.3 is 25.7 Å². The lowest BCUT2D eigenvalue weighted by atomic mass is 10.1. The van der Waals surface area contributed by atoms with Crippen LogP contribution in [0.1, 0.15) is 13.3 Å². The van der Waals surface area contributed by atoms with E-state index in [9.17, 15) is 4.79 Å². The standard InChI is InChI=1S/C14H19N3O4/c1-9-6-10(7-20-9)14(18)16-11-4-2-3-5-12(11)21-8-13(15)17-19/h2-5,9-10,19H,6-8H2,1H3,(H2,15,17)(H,16,18). The lowest BCUT2D eigenvalue weighted by molar-refractivity contribution is -0.119. The van der Waals surface area contributed by atoms with Crippen molar-refractivity contribution in [3.05, 3.63) is 24.3 Å². The first kappa shape index (κ1) is 15.1. The number of rotatable bonds is 5. The van der Waals surface area contributed by atoms with E-state index in [1.165, 1.54) is 0 Å². The Kier molecular flexibility index (Phi) is 4.99. The van der Waals surface area contributed by atoms with Crippen LogP contribution >= 0.6 is 0 Å². The van der Waals surface area contributed by atoms with Crippen molar-refractivity contribution < 1.29 is 19.5 Å². The molecule has 0 aliphatic carbocycles. The summed E-state index contributed by atoms with van der Waals surface area (Å²) in [6, 6.07) is 7.00. The Labute approximate surface area is 122 Å². The predicted molar refractivity (Wildman–Crippen MR) is 77.5 cm³/mol. The number of amidine groups is 1. The van der Waals surface area contributed by atoms with Crippen molar-refractivity contribution in [3.8, 4) is 5.75 Å². The van der Waals surface area contributed by atoms with Crippen LogP contribution in [0.4, 0.5) is 5.69 Å². The van der Waals surface area contributed by atoms with Gasteiger partial charge in [0.25, 0.3) is 0 Å². The van der Waals surface area contributed by atoms with Gasteiger partial charge in [-0.1, -0.05) is 17.3 Å². The van der Waals surface area contributed by atoms with E-state index >= 15 is 0 Å². The Morgan fingerprint density at radius 3 is 3.00 bits per heavy atom. The molecule has 0 radical (unpaired) electrons. The molecule has 1 aliphatic heterocycles. The molecule has 0 saturated carbocycles. The monoisotopic (exact) mass is 293 g/mol. The molecule has 4 N–H and O–H groups in total. The van der Waals surface area contributed by atoms with Crippen LogP contribution in [-0.4, -0.2) is 36.3 Å². The van der Waals surface area contributed by atoms with Gasteiger partial charge >= 0.3 is 0 Å². The summed E-state index contributed by atoms with van der Waals surface area (Å²) < 4.78 is 10.8. The number of ether oxygens (including phenoxy) is 2. The molecule has 21 heavy (non-hydrogen) atoms. The first-order chi connectivity index (χ1) is 10.1. The highest BCUT2D eigenvalue weighted by Crippen LogP contribution is 2.26. The Balaban J connectivity index is 2.00. The molecule has 7 heteroatoms. The normalized spacial score (nSPS) is 22.0. The summed E-state index contributed by atoms with van der Waals surface area (Å²) >= 11 is 0. The van der Waals surface area contributed by atoms with Crippen LogP contribution in [0.25, 0.3) is 0 Å². The summed E-state index contributed by atoms with van der Waals surface area (Å²) in [6.07, 6.45) is 0.812. The van der Waals surface area contributed by atoms with Crippen LogP contribution in [0.3, 0.4) is 0 Å². The molecule has 1 aromatic rings. The number of nitrogens with one attached hydrogen (secondary N) is 1. The molecule has 114 valence electrons. The number of nitrogens with zero attached hydrogens (tertiary/aromatic N) is 1. The van der Waals surface area contributed by atoms with Crippen LogP contribution in [0.2, 0.25) is 0 Å². The van der Waals surface area contributed by atoms with Crippen LogP contribution in [0.5, 0.6) is 5.75 Å². The number of carbonyl (C=O) groups is 1. The number of para-hydroxylation sites is 2. The van der Waals surface area contributed by atoms with Gasteiger partial charge in [-0.05, 0) is 25.5 Å². The van der Waals surface area contributed by atoms with Gasteiger partial charge in [0.2, 0.25) is 5.91 Å². The molecule has 1 heterocycles. The summed E-state index contributed by atoms with van der Waals surface area (Å²) in [6.45, 7) is 2.31. The van der Waals surface area contributed by atoms with Crippen LogP contribution in [-0.2, 0) is 9.53 Å². The number of hydrogen-bond acceptors (Lipinski definition) is 5. The van der Waals surface area contributed by atoms with Gasteiger partial charge in [0.05, 0.1) is 24.3 Å². The summed E-state index contributed by atoms with van der Waals surface area (Å²) in [5, 5.41) is 14.2. The third-order valence-corrected chi connectivity index (χ3v) is 3.22. The van der Waals surface area contributed by atoms with E-state index in [-0.39, 0.29) is 30.4 Å². The highest BCUT2D eigenvalue weighted by Gasteiger charge is 2.28. The molecule has 1 amide bonds. The third kappa shape index (κ3) is 4.09. The maximum atomic E-state index is 12.2. The van der Waals surface area contributed by atoms with Gasteiger partial charge in [0.15, 0.2) is 5.84 Å². The van der Waals surface area contributed by atoms with Gasteiger partial charge in [-0.3, -0.25) is 4.79 Å². The van der Waals surface area contributed by atoms with Gasteiger partial charge in [-0.15, -0.1) is 0 Å². The fraction of sp³-hybridized carbons (Fsp3) is 0.429. The van der Waals surface area contributed by atoms with E-state index in [1.807, 2.05) is 6.92 Å². The van der Waals surface area contributed by atoms with Gasteiger partial charge in [0.1, 0.15) is 12.4 Å². The molecule has 1 aromatic carbocycles. The fourth-order valence-electron chi connectivity index (χ4n) is 2.11. The lowest BCUT2D eigenvalue weighted by Crippen LogP contribution is -2.24. The van der Waals surface area contributed by atoms with E-state index in [0.717, 1.165) is 0 Å². The summed E-state index contributed by atoms with van der Waals surface area (Å²) in [7, 11) is 0. The van der Waals surface area contributed by atoms with E-state index in [0.29, 0.717) is 24.5 Å². The lowest BCUT2D eigenvalue weighted by Gasteiger charge is -2.14. The van der Waals surface area contributed by atoms with Crippen molar-refractivity contribution >= 4 is 17.4 Å². The van der Waals surface area contributed by atoms with Crippen molar-refractivity contribution in [1.82, 2.24) is 0 Å². The second kappa shape index (κ2) is 6.94. The number of amides is 1. The van der Waals surface area contributed by atoms with Crippen molar-refractivity contribution in [1.29, 1.82) is 0 Å². The number of carbonyl (C=O) groups excluding carboxylic acids is 1. The summed E-state index contributed by atoms with van der Waals surface area (Å²) in [5.41, 5.74) is 5.91. The van der Waals surface area contributed by atoms with Gasteiger partial charge in [-0.25, -0.2) is 0 Å². The Hall–Kier alpha value is -2.28. The van der Waals surface area contributed by atoms with Crippen molar-refractivity contribution in [2.75, 3.05) is 18.5 Å². The maximum absolute atomic E-state index is 12.2. The Bertz CT molecular complexity index is 533. The molecule has 0 aromatic heterocycles. The molecule has 1 aliphatic rings. The minimum Gasteiger partial charge on any atom is -0.483 e. The molecule has 7 nitrogen and oxygen atoms in total. The summed E-state index contributed by atoms with van der Waals surface area (Å²) in [5.74, 6) is 0.162. The number of hydrogen-bond donors (Lipinski definition) is 3. The molecule has 0 spiro atoms. The Morgan fingerprint density at radius 1 is 1.57 bits per heavy atom. The SMILES string of the molecule is CC1CC(C(=O)Nc2ccccc2OC/C(N)=N/O)CO1. The summed E-state index contributed by atoms with van der Waals surface area (Å²) in [4.78, 5) is 12.2. The van der Waals surface area contributed by atoms with E-state index in [1.54, 1.807) is 24.3 Å². The largest absolute Gasteiger partial charge is 0.483 e. The van der Waals surface area contributed by atoms with Gasteiger partial charge in [-0.2, -0.15) is 0 Å². The first-order valence-electron chi connectivity index (χ1n) is 6.71. The number of anilines is 1. The maximum Gasteiger partial charge on any atom is 0.230 e. The van der Waals surface area contributed by atoms with Crippen LogP contribution in [0.15, 0.2) is 29.4 Å². The number of oxime groups is 1. The highest BCUT2D eigenvalue weighted by atomic mass is 16.5. The average Bonchev–Trinajstić information content (AvgIpc) is 2.92. The second-order valence-electron chi connectivity index (χ2n) is 4.94. The molecular formula is C14H19N3O4. The van der Waals surface area contributed by atoms with Crippen molar-refractivity contribution in [3.63, 3.8) is 0 Å². The zero-order valence-corrected chi connectivity index (χ0v) is 11.8. The minimum atomic E-state index is -0.155. The molecule has 2 atom stereocenters. The average molecular weight is 293 g/mol. The first-order valence-corrected chi connectivity index (χ1v) is 6.71. The quantitative estimate of drug-likeness (QED) is 0.327. The highest BCUT2D eigenvalue weighted by molar-refractivity contribution is 5.94. The third-order valence-electron chi connectivity index (χ3n) is 3.22. The number of benzene rings is 1. The van der Waals surface area contributed by atoms with Gasteiger partial charge in [0, 0.05) is 0 Å². The Morgan fingerprint density at radius 2 is 2.33 bits per heavy atom. The predicted octanol–water partition coefficient (Wildman–Crippen LogP) is 1.18. The van der Waals surface area contributed by atoms with E-state index in [4.69, 9.17) is 20.4 Å². The zero-order chi connectivity index (χ0) is 15.2. The molecular weight excluding hydrogens is 274 g/mol. The minimum absolute atomic E-state index is 0.0471. The second-order valence-corrected chi connectivity index (χ2v) is 4.94. The zero-order valence-electron chi connectivity index (χ0n) is 11.8. The van der Waals surface area contributed by atoms with E-state index in [2.05, 4.69) is 10.5 Å². The van der Waals surface area contributed by atoms with Crippen LogP contribution < -0.4 is 15.8 Å². The molecule has 0 bridgehead atoms. The molecule has 1 saturated heterocycles. The molecule has 2 unspecified atom stereocenters. The smallest absolute Gasteiger partial charge is 0.230 e. The number of nitrogens with two attached hydrogens (primary N) is 1. The molecule has 1 fully saturated rings. The molecule has 2 rings (SSSR count).